The first-order valence-electron chi connectivity index (χ1n) is 7.61. The second kappa shape index (κ2) is 5.05. The first-order chi connectivity index (χ1) is 10.2. The van der Waals surface area contributed by atoms with Crippen LogP contribution in [0, 0.1) is 0 Å². The number of piperidine rings is 1. The van der Waals surface area contributed by atoms with Crippen molar-refractivity contribution in [2.24, 2.45) is 0 Å². The van der Waals surface area contributed by atoms with Crippen LogP contribution in [-0.4, -0.2) is 41.0 Å². The number of benzene rings is 1. The van der Waals surface area contributed by atoms with E-state index >= 15 is 0 Å². The van der Waals surface area contributed by atoms with Gasteiger partial charge in [-0.3, -0.25) is 4.98 Å². The largest absolute Gasteiger partial charge is 0.389 e. The number of aliphatic hydroxyl groups is 1. The molecule has 0 amide bonds. The van der Waals surface area contributed by atoms with Crippen molar-refractivity contribution in [3.8, 4) is 0 Å². The van der Waals surface area contributed by atoms with Crippen molar-refractivity contribution < 1.29 is 9.84 Å². The van der Waals surface area contributed by atoms with E-state index in [2.05, 4.69) is 28.5 Å². The summed E-state index contributed by atoms with van der Waals surface area (Å²) >= 11 is 0. The molecule has 4 heteroatoms. The topological polar surface area (TPSA) is 54.4 Å². The highest BCUT2D eigenvalue weighted by Gasteiger charge is 2.41. The molecule has 4 nitrogen and oxygen atoms in total. The molecule has 2 N–H and O–H groups in total. The van der Waals surface area contributed by atoms with Crippen LogP contribution in [0.4, 0.5) is 0 Å². The van der Waals surface area contributed by atoms with Crippen LogP contribution in [0.3, 0.4) is 0 Å². The normalized spacial score (nSPS) is 32.2. The molecule has 110 valence electrons. The number of nitrogens with zero attached hydrogens (tertiary/aromatic N) is 1. The van der Waals surface area contributed by atoms with Crippen LogP contribution in [0.25, 0.3) is 10.9 Å². The number of para-hydroxylation sites is 1. The Morgan fingerprint density at radius 2 is 1.95 bits per heavy atom. The fourth-order valence-electron chi connectivity index (χ4n) is 3.83. The molecule has 0 aliphatic carbocycles. The summed E-state index contributed by atoms with van der Waals surface area (Å²) in [4.78, 5) is 4.50. The zero-order valence-corrected chi connectivity index (χ0v) is 12.0. The van der Waals surface area contributed by atoms with Crippen LogP contribution in [-0.2, 0) is 11.2 Å². The summed E-state index contributed by atoms with van der Waals surface area (Å²) in [5.41, 5.74) is 1.49. The molecule has 2 fully saturated rings. The van der Waals surface area contributed by atoms with Crippen molar-refractivity contribution >= 4 is 10.9 Å². The Bertz CT molecular complexity index is 641. The molecule has 2 aliphatic rings. The summed E-state index contributed by atoms with van der Waals surface area (Å²) in [6.45, 7) is 1.40. The smallest absolute Gasteiger partial charge is 0.0734 e. The standard InChI is InChI=1S/C17H20N2O2/c20-17(8-14-10-21-11-15(9-17)19-14)7-13-4-1-3-12-5-2-6-18-16(12)13/h1-6,14-15,19-20H,7-11H2. The molecule has 2 aromatic rings. The number of pyridine rings is 1. The predicted octanol–water partition coefficient (Wildman–Crippen LogP) is 1.66. The third kappa shape index (κ3) is 2.55. The summed E-state index contributed by atoms with van der Waals surface area (Å²) in [5.74, 6) is 0. The highest BCUT2D eigenvalue weighted by atomic mass is 16.5. The van der Waals surface area contributed by atoms with Crippen molar-refractivity contribution in [1.29, 1.82) is 0 Å². The minimum absolute atomic E-state index is 0.269. The van der Waals surface area contributed by atoms with E-state index in [1.165, 1.54) is 0 Å². The summed E-state index contributed by atoms with van der Waals surface area (Å²) in [7, 11) is 0. The quantitative estimate of drug-likeness (QED) is 0.880. The van der Waals surface area contributed by atoms with Gasteiger partial charge < -0.3 is 15.2 Å². The zero-order valence-electron chi connectivity index (χ0n) is 12.0. The van der Waals surface area contributed by atoms with Gasteiger partial charge in [0.25, 0.3) is 0 Å². The predicted molar refractivity (Wildman–Crippen MR) is 81.2 cm³/mol. The van der Waals surface area contributed by atoms with Gasteiger partial charge in [-0.2, -0.15) is 0 Å². The number of nitrogens with one attached hydrogen (secondary N) is 1. The Labute approximate surface area is 124 Å². The van der Waals surface area contributed by atoms with Gasteiger partial charge in [0.05, 0.1) is 24.3 Å². The fraction of sp³-hybridized carbons (Fsp3) is 0.471. The first-order valence-corrected chi connectivity index (χ1v) is 7.61. The molecule has 1 aromatic heterocycles. The molecule has 0 spiro atoms. The van der Waals surface area contributed by atoms with E-state index in [9.17, 15) is 5.11 Å². The molecule has 2 bridgehead atoms. The SMILES string of the molecule is OC1(Cc2cccc3cccnc23)CC2COCC(C1)N2. The minimum Gasteiger partial charge on any atom is -0.389 e. The number of ether oxygens (including phenoxy) is 1. The van der Waals surface area contributed by atoms with Gasteiger partial charge >= 0.3 is 0 Å². The van der Waals surface area contributed by atoms with E-state index in [1.807, 2.05) is 18.3 Å². The highest BCUT2D eigenvalue weighted by molar-refractivity contribution is 5.81. The fourth-order valence-corrected chi connectivity index (χ4v) is 3.83. The van der Waals surface area contributed by atoms with E-state index in [0.29, 0.717) is 19.6 Å². The highest BCUT2D eigenvalue weighted by Crippen LogP contribution is 2.32. The van der Waals surface area contributed by atoms with E-state index in [1.54, 1.807) is 0 Å². The maximum atomic E-state index is 11.1. The number of hydrogen-bond donors (Lipinski definition) is 2. The van der Waals surface area contributed by atoms with Crippen molar-refractivity contribution in [2.45, 2.75) is 36.9 Å². The number of hydrogen-bond acceptors (Lipinski definition) is 4. The van der Waals surface area contributed by atoms with Gasteiger partial charge in [-0.1, -0.05) is 24.3 Å². The Hall–Kier alpha value is -1.49. The Balaban J connectivity index is 1.65. The molecular formula is C17H20N2O2. The Kier molecular flexibility index (Phi) is 3.17. The summed E-state index contributed by atoms with van der Waals surface area (Å²) in [6, 6.07) is 10.8. The zero-order chi connectivity index (χ0) is 14.3. The molecule has 2 saturated heterocycles. The number of fused-ring (bicyclic) bond motifs is 3. The number of rotatable bonds is 2. The van der Waals surface area contributed by atoms with Gasteiger partial charge in [0.2, 0.25) is 0 Å². The van der Waals surface area contributed by atoms with Gasteiger partial charge in [0.15, 0.2) is 0 Å². The van der Waals surface area contributed by atoms with Gasteiger partial charge in [-0.15, -0.1) is 0 Å². The summed E-state index contributed by atoms with van der Waals surface area (Å²) in [6.07, 6.45) is 3.97. The van der Waals surface area contributed by atoms with Crippen LogP contribution in [0.1, 0.15) is 18.4 Å². The maximum absolute atomic E-state index is 11.1. The van der Waals surface area contributed by atoms with Gasteiger partial charge in [-0.25, -0.2) is 0 Å². The average Bonchev–Trinajstić information content (AvgIpc) is 2.47. The lowest BCUT2D eigenvalue weighted by atomic mass is 9.78. The van der Waals surface area contributed by atoms with E-state index < -0.39 is 5.60 Å². The summed E-state index contributed by atoms with van der Waals surface area (Å²) in [5, 5.41) is 15.7. The van der Waals surface area contributed by atoms with Gasteiger partial charge in [0.1, 0.15) is 0 Å². The minimum atomic E-state index is -0.657. The van der Waals surface area contributed by atoms with Gasteiger partial charge in [0, 0.05) is 30.1 Å². The van der Waals surface area contributed by atoms with Crippen molar-refractivity contribution in [1.82, 2.24) is 10.3 Å². The molecule has 2 aliphatic heterocycles. The monoisotopic (exact) mass is 284 g/mol. The van der Waals surface area contributed by atoms with Crippen LogP contribution in [0.5, 0.6) is 0 Å². The lowest BCUT2D eigenvalue weighted by Gasteiger charge is -2.45. The molecule has 1 aromatic carbocycles. The Morgan fingerprint density at radius 1 is 1.19 bits per heavy atom. The van der Waals surface area contributed by atoms with E-state index in [-0.39, 0.29) is 12.1 Å². The first kappa shape index (κ1) is 13.2. The molecule has 2 atom stereocenters. The Morgan fingerprint density at radius 3 is 2.76 bits per heavy atom. The molecule has 0 radical (unpaired) electrons. The van der Waals surface area contributed by atoms with Crippen molar-refractivity contribution in [3.05, 3.63) is 42.1 Å². The molecule has 2 unspecified atom stereocenters. The van der Waals surface area contributed by atoms with Crippen LogP contribution in [0.2, 0.25) is 0 Å². The van der Waals surface area contributed by atoms with Gasteiger partial charge in [-0.05, 0) is 24.5 Å². The molecule has 0 saturated carbocycles. The summed E-state index contributed by atoms with van der Waals surface area (Å²) < 4.78 is 5.56. The molecule has 3 heterocycles. The van der Waals surface area contributed by atoms with Crippen LogP contribution in [0.15, 0.2) is 36.5 Å². The van der Waals surface area contributed by atoms with E-state index in [0.717, 1.165) is 29.3 Å². The molecule has 4 rings (SSSR count). The van der Waals surface area contributed by atoms with Crippen molar-refractivity contribution in [3.63, 3.8) is 0 Å². The maximum Gasteiger partial charge on any atom is 0.0734 e. The lowest BCUT2D eigenvalue weighted by Crippen LogP contribution is -2.60. The second-order valence-electron chi connectivity index (χ2n) is 6.40. The third-order valence-electron chi connectivity index (χ3n) is 4.60. The van der Waals surface area contributed by atoms with Crippen LogP contribution < -0.4 is 5.32 Å². The van der Waals surface area contributed by atoms with Crippen molar-refractivity contribution in [2.75, 3.05) is 13.2 Å². The molecule has 21 heavy (non-hydrogen) atoms. The lowest BCUT2D eigenvalue weighted by molar-refractivity contribution is -0.0754. The second-order valence-corrected chi connectivity index (χ2v) is 6.40. The van der Waals surface area contributed by atoms with E-state index in [4.69, 9.17) is 4.74 Å². The third-order valence-corrected chi connectivity index (χ3v) is 4.60. The molecular weight excluding hydrogens is 264 g/mol. The number of aromatic nitrogens is 1. The average molecular weight is 284 g/mol. The number of morpholine rings is 1. The van der Waals surface area contributed by atoms with Crippen LogP contribution >= 0.6 is 0 Å².